The number of esters is 1. The number of amides is 2. The standard InChI is InChI=1S/C24H23NO5/c1-15-7-12-19-20(13-15)23(28)25(22(19)27)18-10-8-17(9-11-18)24(29)30-14-21(26)16-5-3-2-4-6-16/h2-6,8-11,15,19-20H,7,12-14H2,1H3/t15-,19-,20-/m1/s1. The van der Waals surface area contributed by atoms with Gasteiger partial charge in [-0.05, 0) is 49.4 Å². The van der Waals surface area contributed by atoms with Crippen molar-refractivity contribution in [3.8, 4) is 0 Å². The van der Waals surface area contributed by atoms with Crippen molar-refractivity contribution in [2.24, 2.45) is 17.8 Å². The summed E-state index contributed by atoms with van der Waals surface area (Å²) in [4.78, 5) is 51.1. The summed E-state index contributed by atoms with van der Waals surface area (Å²) in [6.45, 7) is 1.76. The Morgan fingerprint density at radius 1 is 0.900 bits per heavy atom. The van der Waals surface area contributed by atoms with Crippen molar-refractivity contribution in [3.05, 3.63) is 65.7 Å². The molecule has 2 fully saturated rings. The Balaban J connectivity index is 1.41. The molecule has 2 aliphatic rings. The van der Waals surface area contributed by atoms with E-state index in [0.29, 0.717) is 17.2 Å². The highest BCUT2D eigenvalue weighted by molar-refractivity contribution is 6.22. The van der Waals surface area contributed by atoms with Crippen LogP contribution in [0.4, 0.5) is 5.69 Å². The first kappa shape index (κ1) is 20.0. The zero-order valence-corrected chi connectivity index (χ0v) is 16.7. The molecule has 4 rings (SSSR count). The van der Waals surface area contributed by atoms with Gasteiger partial charge >= 0.3 is 5.97 Å². The van der Waals surface area contributed by atoms with Gasteiger partial charge in [0, 0.05) is 5.56 Å². The van der Waals surface area contributed by atoms with Gasteiger partial charge in [0.25, 0.3) is 0 Å². The largest absolute Gasteiger partial charge is 0.454 e. The summed E-state index contributed by atoms with van der Waals surface area (Å²) in [7, 11) is 0. The minimum Gasteiger partial charge on any atom is -0.454 e. The van der Waals surface area contributed by atoms with E-state index in [9.17, 15) is 19.2 Å². The quantitative estimate of drug-likeness (QED) is 0.431. The van der Waals surface area contributed by atoms with Crippen molar-refractivity contribution >= 4 is 29.3 Å². The third-order valence-corrected chi connectivity index (χ3v) is 5.98. The molecule has 0 spiro atoms. The molecule has 154 valence electrons. The van der Waals surface area contributed by atoms with E-state index in [4.69, 9.17) is 4.74 Å². The second-order valence-electron chi connectivity index (χ2n) is 8.06. The highest BCUT2D eigenvalue weighted by Gasteiger charge is 2.49. The summed E-state index contributed by atoms with van der Waals surface area (Å²) < 4.78 is 5.10. The third-order valence-electron chi connectivity index (χ3n) is 5.98. The van der Waals surface area contributed by atoms with Gasteiger partial charge in [0.1, 0.15) is 0 Å². The van der Waals surface area contributed by atoms with Gasteiger partial charge in [-0.2, -0.15) is 0 Å². The van der Waals surface area contributed by atoms with Gasteiger partial charge in [-0.1, -0.05) is 37.3 Å². The fraction of sp³-hybridized carbons (Fsp3) is 0.333. The van der Waals surface area contributed by atoms with Crippen LogP contribution in [0, 0.1) is 17.8 Å². The van der Waals surface area contributed by atoms with Gasteiger partial charge in [0.15, 0.2) is 12.4 Å². The molecule has 1 saturated heterocycles. The van der Waals surface area contributed by atoms with Gasteiger partial charge < -0.3 is 4.74 Å². The molecule has 0 bridgehead atoms. The molecule has 6 heteroatoms. The summed E-state index contributed by atoms with van der Waals surface area (Å²) in [6, 6.07) is 14.8. The number of carbonyl (C=O) groups is 4. The van der Waals surface area contributed by atoms with Crippen LogP contribution in [-0.4, -0.2) is 30.2 Å². The monoisotopic (exact) mass is 405 g/mol. The maximum absolute atomic E-state index is 12.8. The smallest absolute Gasteiger partial charge is 0.338 e. The molecule has 0 unspecified atom stereocenters. The van der Waals surface area contributed by atoms with Gasteiger partial charge in [-0.25, -0.2) is 4.79 Å². The van der Waals surface area contributed by atoms with E-state index in [0.717, 1.165) is 19.3 Å². The molecule has 2 aromatic carbocycles. The van der Waals surface area contributed by atoms with Crippen LogP contribution in [0.1, 0.15) is 46.9 Å². The summed E-state index contributed by atoms with van der Waals surface area (Å²) in [5.41, 5.74) is 1.19. The molecular formula is C24H23NO5. The summed E-state index contributed by atoms with van der Waals surface area (Å²) in [5, 5.41) is 0. The van der Waals surface area contributed by atoms with Crippen LogP contribution >= 0.6 is 0 Å². The maximum Gasteiger partial charge on any atom is 0.338 e. The Kier molecular flexibility index (Phi) is 5.48. The fourth-order valence-electron chi connectivity index (χ4n) is 4.31. The number of ether oxygens (including phenoxy) is 1. The van der Waals surface area contributed by atoms with E-state index < -0.39 is 5.97 Å². The van der Waals surface area contributed by atoms with Crippen molar-refractivity contribution < 1.29 is 23.9 Å². The zero-order chi connectivity index (χ0) is 21.3. The molecule has 6 nitrogen and oxygen atoms in total. The first-order chi connectivity index (χ1) is 14.5. The number of benzene rings is 2. The van der Waals surface area contributed by atoms with Crippen molar-refractivity contribution in [1.82, 2.24) is 0 Å². The third kappa shape index (κ3) is 3.77. The van der Waals surface area contributed by atoms with Gasteiger partial charge in [0.05, 0.1) is 23.1 Å². The lowest BCUT2D eigenvalue weighted by atomic mass is 9.76. The Hall–Kier alpha value is -3.28. The minimum atomic E-state index is -0.632. The molecule has 1 heterocycles. The number of ketones is 1. The molecule has 0 N–H and O–H groups in total. The van der Waals surface area contributed by atoms with Crippen LogP contribution < -0.4 is 4.90 Å². The number of carbonyl (C=O) groups excluding carboxylic acids is 4. The molecular weight excluding hydrogens is 382 g/mol. The summed E-state index contributed by atoms with van der Waals surface area (Å²) >= 11 is 0. The lowest BCUT2D eigenvalue weighted by Crippen LogP contribution is -2.30. The topological polar surface area (TPSA) is 80.8 Å². The SMILES string of the molecule is C[C@@H]1CC[C@H]2C(=O)N(c3ccc(C(=O)OCC(=O)c4ccccc4)cc3)C(=O)[C@@H]2C1. The van der Waals surface area contributed by atoms with E-state index in [1.54, 1.807) is 42.5 Å². The van der Waals surface area contributed by atoms with Crippen molar-refractivity contribution in [2.75, 3.05) is 11.5 Å². The molecule has 30 heavy (non-hydrogen) atoms. The van der Waals surface area contributed by atoms with Gasteiger partial charge in [-0.15, -0.1) is 0 Å². The van der Waals surface area contributed by atoms with Crippen molar-refractivity contribution in [1.29, 1.82) is 0 Å². The number of fused-ring (bicyclic) bond motifs is 1. The predicted octanol–water partition coefficient (Wildman–Crippen LogP) is 3.65. The number of rotatable bonds is 5. The number of nitrogens with zero attached hydrogens (tertiary/aromatic N) is 1. The fourth-order valence-corrected chi connectivity index (χ4v) is 4.31. The highest BCUT2D eigenvalue weighted by atomic mass is 16.5. The molecule has 3 atom stereocenters. The van der Waals surface area contributed by atoms with Crippen LogP contribution in [0.25, 0.3) is 0 Å². The number of hydrogen-bond donors (Lipinski definition) is 0. The maximum atomic E-state index is 12.8. The number of imide groups is 1. The lowest BCUT2D eigenvalue weighted by molar-refractivity contribution is -0.122. The number of anilines is 1. The predicted molar refractivity (Wildman–Crippen MR) is 110 cm³/mol. The van der Waals surface area contributed by atoms with E-state index >= 15 is 0 Å². The second-order valence-corrected chi connectivity index (χ2v) is 8.06. The molecule has 1 saturated carbocycles. The van der Waals surface area contributed by atoms with Crippen molar-refractivity contribution in [2.45, 2.75) is 26.2 Å². The summed E-state index contributed by atoms with van der Waals surface area (Å²) in [5.74, 6) is -1.25. The Bertz CT molecular complexity index is 982. The van der Waals surface area contributed by atoms with Crippen LogP contribution in [0.15, 0.2) is 54.6 Å². The second kappa shape index (κ2) is 8.22. The van der Waals surface area contributed by atoms with Gasteiger partial charge in [-0.3, -0.25) is 19.3 Å². The average molecular weight is 405 g/mol. The number of hydrogen-bond acceptors (Lipinski definition) is 5. The molecule has 1 aliphatic heterocycles. The average Bonchev–Trinajstić information content (AvgIpc) is 3.02. The van der Waals surface area contributed by atoms with E-state index in [1.807, 2.05) is 0 Å². The normalized spacial score (nSPS) is 23.2. The number of Topliss-reactive ketones (excluding diaryl/α,β-unsaturated/α-hetero) is 1. The first-order valence-corrected chi connectivity index (χ1v) is 10.2. The van der Waals surface area contributed by atoms with Crippen molar-refractivity contribution in [3.63, 3.8) is 0 Å². The highest BCUT2D eigenvalue weighted by Crippen LogP contribution is 2.42. The molecule has 0 radical (unpaired) electrons. The molecule has 1 aliphatic carbocycles. The Labute approximate surface area is 174 Å². The molecule has 0 aromatic heterocycles. The van der Waals surface area contributed by atoms with Crippen LogP contribution in [0.3, 0.4) is 0 Å². The minimum absolute atomic E-state index is 0.152. The van der Waals surface area contributed by atoms with Gasteiger partial charge in [0.2, 0.25) is 11.8 Å². The molecule has 2 amide bonds. The van der Waals surface area contributed by atoms with E-state index in [2.05, 4.69) is 6.92 Å². The lowest BCUT2D eigenvalue weighted by Gasteiger charge is -2.25. The van der Waals surface area contributed by atoms with E-state index in [-0.39, 0.29) is 41.6 Å². The van der Waals surface area contributed by atoms with Crippen LogP contribution in [-0.2, 0) is 14.3 Å². The van der Waals surface area contributed by atoms with E-state index in [1.165, 1.54) is 17.0 Å². The van der Waals surface area contributed by atoms with Crippen LogP contribution in [0.2, 0.25) is 0 Å². The Morgan fingerprint density at radius 3 is 2.27 bits per heavy atom. The zero-order valence-electron chi connectivity index (χ0n) is 16.7. The Morgan fingerprint density at radius 2 is 1.57 bits per heavy atom. The first-order valence-electron chi connectivity index (χ1n) is 10.2. The van der Waals surface area contributed by atoms with Crippen LogP contribution in [0.5, 0.6) is 0 Å². The molecule has 2 aromatic rings. The summed E-state index contributed by atoms with van der Waals surface area (Å²) in [6.07, 6.45) is 2.44.